The van der Waals surface area contributed by atoms with Crippen LogP contribution in [-0.4, -0.2) is 41.0 Å². The van der Waals surface area contributed by atoms with Gasteiger partial charge in [0.05, 0.1) is 11.4 Å². The topological polar surface area (TPSA) is 87.3 Å². The molecule has 1 unspecified atom stereocenters. The van der Waals surface area contributed by atoms with Gasteiger partial charge in [0.1, 0.15) is 5.75 Å². The molecule has 1 aromatic heterocycles. The highest BCUT2D eigenvalue weighted by atomic mass is 16.3. The zero-order chi connectivity index (χ0) is 15.5. The molecule has 0 amide bonds. The minimum atomic E-state index is 0.193. The number of nitrogen functional groups attached to an aromatic ring is 1. The number of phenols is 1. The van der Waals surface area contributed by atoms with Crippen molar-refractivity contribution in [1.29, 1.82) is 0 Å². The van der Waals surface area contributed by atoms with Crippen LogP contribution in [0.15, 0.2) is 30.3 Å². The van der Waals surface area contributed by atoms with Gasteiger partial charge in [-0.15, -0.1) is 10.2 Å². The Morgan fingerprint density at radius 2 is 2.09 bits per heavy atom. The van der Waals surface area contributed by atoms with E-state index in [2.05, 4.69) is 27.3 Å². The van der Waals surface area contributed by atoms with E-state index in [-0.39, 0.29) is 5.75 Å². The summed E-state index contributed by atoms with van der Waals surface area (Å²) >= 11 is 0. The fraction of sp³-hybridized carbons (Fsp3) is 0.375. The van der Waals surface area contributed by atoms with Crippen molar-refractivity contribution in [2.45, 2.75) is 19.4 Å². The average Bonchev–Trinajstić information content (AvgIpc) is 2.73. The number of phenolic OH excluding ortho intramolecular Hbond substituents is 1. The second-order valence-corrected chi connectivity index (χ2v) is 5.65. The standard InChI is InChI=1S/C16H21N5O/c1-11-6-8-21(9-7-18-11)14-10-13(19-20-16(14)17)12-4-2-3-5-15(12)22/h2-5,10-11,18,22H,6-9H2,1H3,(H2,17,20). The van der Waals surface area contributed by atoms with Gasteiger partial charge in [-0.1, -0.05) is 12.1 Å². The van der Waals surface area contributed by atoms with Crippen molar-refractivity contribution in [3.05, 3.63) is 30.3 Å². The van der Waals surface area contributed by atoms with Gasteiger partial charge < -0.3 is 21.1 Å². The number of nitrogens with two attached hydrogens (primary N) is 1. The van der Waals surface area contributed by atoms with Gasteiger partial charge in [0.25, 0.3) is 0 Å². The first-order valence-electron chi connectivity index (χ1n) is 7.55. The summed E-state index contributed by atoms with van der Waals surface area (Å²) < 4.78 is 0. The van der Waals surface area contributed by atoms with Crippen molar-refractivity contribution in [3.63, 3.8) is 0 Å². The zero-order valence-corrected chi connectivity index (χ0v) is 12.7. The summed E-state index contributed by atoms with van der Waals surface area (Å²) in [5, 5.41) is 21.7. The molecule has 0 aliphatic carbocycles. The lowest BCUT2D eigenvalue weighted by atomic mass is 10.1. The largest absolute Gasteiger partial charge is 0.507 e. The summed E-state index contributed by atoms with van der Waals surface area (Å²) in [7, 11) is 0. The summed E-state index contributed by atoms with van der Waals surface area (Å²) in [4.78, 5) is 2.23. The monoisotopic (exact) mass is 299 g/mol. The first-order chi connectivity index (χ1) is 10.6. The van der Waals surface area contributed by atoms with Crippen LogP contribution >= 0.6 is 0 Å². The molecule has 0 bridgehead atoms. The Balaban J connectivity index is 1.95. The molecule has 1 aliphatic rings. The predicted octanol–water partition coefficient (Wildman–Crippen LogP) is 1.62. The minimum absolute atomic E-state index is 0.193. The third-order valence-corrected chi connectivity index (χ3v) is 4.03. The van der Waals surface area contributed by atoms with Gasteiger partial charge in [-0.05, 0) is 31.5 Å². The van der Waals surface area contributed by atoms with E-state index in [1.165, 1.54) is 0 Å². The number of hydrogen-bond donors (Lipinski definition) is 3. The van der Waals surface area contributed by atoms with Gasteiger partial charge in [0, 0.05) is 31.2 Å². The van der Waals surface area contributed by atoms with Crippen LogP contribution in [-0.2, 0) is 0 Å². The summed E-state index contributed by atoms with van der Waals surface area (Å²) in [6.45, 7) is 4.89. The zero-order valence-electron chi connectivity index (χ0n) is 12.7. The van der Waals surface area contributed by atoms with Gasteiger partial charge in [0.15, 0.2) is 5.82 Å². The Labute approximate surface area is 130 Å². The molecule has 1 fully saturated rings. The third-order valence-electron chi connectivity index (χ3n) is 4.03. The van der Waals surface area contributed by atoms with E-state index in [1.54, 1.807) is 12.1 Å². The summed E-state index contributed by atoms with van der Waals surface area (Å²) in [6.07, 6.45) is 1.05. The molecule has 1 aromatic carbocycles. The van der Waals surface area contributed by atoms with Crippen LogP contribution in [0.5, 0.6) is 5.75 Å². The summed E-state index contributed by atoms with van der Waals surface area (Å²) in [5.74, 6) is 0.618. The molecule has 1 aliphatic heterocycles. The Hall–Kier alpha value is -2.34. The van der Waals surface area contributed by atoms with Crippen molar-refractivity contribution in [1.82, 2.24) is 15.5 Å². The second-order valence-electron chi connectivity index (χ2n) is 5.65. The Morgan fingerprint density at radius 1 is 1.27 bits per heavy atom. The molecule has 3 rings (SSSR count). The molecular weight excluding hydrogens is 278 g/mol. The Morgan fingerprint density at radius 3 is 2.91 bits per heavy atom. The van der Waals surface area contributed by atoms with Crippen LogP contribution in [0.3, 0.4) is 0 Å². The highest BCUT2D eigenvalue weighted by Crippen LogP contribution is 2.31. The number of hydrogen-bond acceptors (Lipinski definition) is 6. The molecule has 22 heavy (non-hydrogen) atoms. The molecule has 2 aromatic rings. The van der Waals surface area contributed by atoms with Gasteiger partial charge in [-0.25, -0.2) is 0 Å². The third kappa shape index (κ3) is 2.96. The molecule has 4 N–H and O–H groups in total. The number of anilines is 2. The quantitative estimate of drug-likeness (QED) is 0.781. The fourth-order valence-electron chi connectivity index (χ4n) is 2.72. The Kier molecular flexibility index (Phi) is 4.11. The lowest BCUT2D eigenvalue weighted by molar-refractivity contribution is 0.477. The Bertz CT molecular complexity index is 661. The normalized spacial score (nSPS) is 19.0. The second kappa shape index (κ2) is 6.19. The number of aromatic hydroxyl groups is 1. The predicted molar refractivity (Wildman–Crippen MR) is 87.8 cm³/mol. The van der Waals surface area contributed by atoms with E-state index in [0.29, 0.717) is 23.1 Å². The lowest BCUT2D eigenvalue weighted by Gasteiger charge is -2.23. The van der Waals surface area contributed by atoms with Crippen molar-refractivity contribution < 1.29 is 5.11 Å². The highest BCUT2D eigenvalue weighted by molar-refractivity contribution is 5.73. The number of rotatable bonds is 2. The number of nitrogens with one attached hydrogen (secondary N) is 1. The first-order valence-corrected chi connectivity index (χ1v) is 7.55. The number of aromatic nitrogens is 2. The summed E-state index contributed by atoms with van der Waals surface area (Å²) in [5.41, 5.74) is 8.20. The van der Waals surface area contributed by atoms with Gasteiger partial charge >= 0.3 is 0 Å². The molecule has 0 radical (unpaired) electrons. The van der Waals surface area contributed by atoms with E-state index in [4.69, 9.17) is 5.73 Å². The molecule has 0 saturated carbocycles. The molecule has 0 spiro atoms. The molecule has 2 heterocycles. The smallest absolute Gasteiger partial charge is 0.169 e. The van der Waals surface area contributed by atoms with E-state index >= 15 is 0 Å². The van der Waals surface area contributed by atoms with Crippen LogP contribution in [0.25, 0.3) is 11.3 Å². The van der Waals surface area contributed by atoms with Crippen LogP contribution in [0.2, 0.25) is 0 Å². The van der Waals surface area contributed by atoms with Crippen LogP contribution in [0.4, 0.5) is 11.5 Å². The maximum absolute atomic E-state index is 9.99. The molecular formula is C16H21N5O. The minimum Gasteiger partial charge on any atom is -0.507 e. The van der Waals surface area contributed by atoms with Gasteiger partial charge in [-0.3, -0.25) is 0 Å². The van der Waals surface area contributed by atoms with E-state index in [9.17, 15) is 5.11 Å². The van der Waals surface area contributed by atoms with Gasteiger partial charge in [0.2, 0.25) is 0 Å². The number of benzene rings is 1. The highest BCUT2D eigenvalue weighted by Gasteiger charge is 2.18. The van der Waals surface area contributed by atoms with Crippen LogP contribution in [0.1, 0.15) is 13.3 Å². The van der Waals surface area contributed by atoms with E-state index < -0.39 is 0 Å². The van der Waals surface area contributed by atoms with Crippen LogP contribution in [0, 0.1) is 0 Å². The van der Waals surface area contributed by atoms with Crippen molar-refractivity contribution in [3.8, 4) is 17.0 Å². The van der Waals surface area contributed by atoms with E-state index in [0.717, 1.165) is 31.7 Å². The van der Waals surface area contributed by atoms with Crippen molar-refractivity contribution in [2.75, 3.05) is 30.3 Å². The molecule has 116 valence electrons. The van der Waals surface area contributed by atoms with Crippen molar-refractivity contribution >= 4 is 11.5 Å². The van der Waals surface area contributed by atoms with Crippen LogP contribution < -0.4 is 16.0 Å². The first kappa shape index (κ1) is 14.6. The van der Waals surface area contributed by atoms with Gasteiger partial charge in [-0.2, -0.15) is 0 Å². The number of nitrogens with zero attached hydrogens (tertiary/aromatic N) is 3. The lowest BCUT2D eigenvalue weighted by Crippen LogP contribution is -2.29. The molecule has 6 nitrogen and oxygen atoms in total. The SMILES string of the molecule is CC1CCN(c2cc(-c3ccccc3O)nnc2N)CCN1. The number of para-hydroxylation sites is 1. The maximum Gasteiger partial charge on any atom is 0.169 e. The fourth-order valence-corrected chi connectivity index (χ4v) is 2.72. The summed E-state index contributed by atoms with van der Waals surface area (Å²) in [6, 6.07) is 9.53. The molecule has 1 saturated heterocycles. The van der Waals surface area contributed by atoms with E-state index in [1.807, 2.05) is 18.2 Å². The maximum atomic E-state index is 9.99. The molecule has 6 heteroatoms. The van der Waals surface area contributed by atoms with Crippen molar-refractivity contribution in [2.24, 2.45) is 0 Å². The average molecular weight is 299 g/mol. The molecule has 1 atom stereocenters.